The van der Waals surface area contributed by atoms with Crippen LogP contribution in [0.15, 0.2) is 29.1 Å². The Kier molecular flexibility index (Phi) is 9.36. The number of nitrogens with zero attached hydrogens (tertiary/aromatic N) is 5. The molecule has 4 rings (SSSR count). The molecule has 4 heterocycles. The molecule has 0 bridgehead atoms. The monoisotopic (exact) mass is 553 g/mol. The summed E-state index contributed by atoms with van der Waals surface area (Å²) in [5.74, 6) is 0.295. The fraction of sp³-hybridized carbons (Fsp3) is 0.500. The van der Waals surface area contributed by atoms with Crippen molar-refractivity contribution >= 4 is 23.3 Å². The lowest BCUT2D eigenvalue weighted by molar-refractivity contribution is 0.0566. The van der Waals surface area contributed by atoms with Gasteiger partial charge in [0.2, 0.25) is 0 Å². The van der Waals surface area contributed by atoms with Gasteiger partial charge in [0.1, 0.15) is 0 Å². The number of urea groups is 1. The number of aromatic nitrogens is 3. The number of thiophene rings is 1. The summed E-state index contributed by atoms with van der Waals surface area (Å²) < 4.78 is 1.79. The number of pyridine rings is 1. The summed E-state index contributed by atoms with van der Waals surface area (Å²) >= 11 is 1.63. The lowest BCUT2D eigenvalue weighted by Gasteiger charge is -2.40. The van der Waals surface area contributed by atoms with Crippen molar-refractivity contribution in [2.75, 3.05) is 20.2 Å². The van der Waals surface area contributed by atoms with E-state index in [1.54, 1.807) is 16.0 Å². The highest BCUT2D eigenvalue weighted by molar-refractivity contribution is 7.07. The third-order valence-corrected chi connectivity index (χ3v) is 8.41. The van der Waals surface area contributed by atoms with E-state index in [1.165, 1.54) is 7.11 Å². The van der Waals surface area contributed by atoms with E-state index in [2.05, 4.69) is 33.8 Å². The number of hydrogen-bond donors (Lipinski definition) is 2. The van der Waals surface area contributed by atoms with Crippen molar-refractivity contribution in [1.82, 2.24) is 30.0 Å². The van der Waals surface area contributed by atoms with Crippen LogP contribution in [-0.2, 0) is 17.8 Å². The van der Waals surface area contributed by atoms with Gasteiger partial charge in [-0.3, -0.25) is 9.63 Å². The van der Waals surface area contributed by atoms with Gasteiger partial charge in [0.05, 0.1) is 24.1 Å². The van der Waals surface area contributed by atoms with Gasteiger partial charge >= 0.3 is 6.03 Å². The van der Waals surface area contributed by atoms with Gasteiger partial charge in [-0.1, -0.05) is 0 Å². The van der Waals surface area contributed by atoms with Crippen molar-refractivity contribution in [2.45, 2.75) is 72.0 Å². The first kappa shape index (κ1) is 28.7. The third-order valence-electron chi connectivity index (χ3n) is 7.68. The van der Waals surface area contributed by atoms with Crippen molar-refractivity contribution in [3.05, 3.63) is 62.7 Å². The van der Waals surface area contributed by atoms with E-state index >= 15 is 0 Å². The molecule has 0 aliphatic carbocycles. The van der Waals surface area contributed by atoms with Crippen LogP contribution in [0.4, 0.5) is 4.79 Å². The molecule has 1 atom stereocenters. The van der Waals surface area contributed by atoms with E-state index in [0.29, 0.717) is 23.8 Å². The average molecular weight is 554 g/mol. The molecule has 3 aromatic rings. The number of hydrogen-bond acceptors (Lipinski definition) is 7. The predicted octanol–water partition coefficient (Wildman–Crippen LogP) is 3.91. The van der Waals surface area contributed by atoms with E-state index in [9.17, 15) is 9.59 Å². The largest absolute Gasteiger partial charge is 0.366 e. The van der Waals surface area contributed by atoms with Crippen LogP contribution in [0.2, 0.25) is 0 Å². The second kappa shape index (κ2) is 12.7. The molecular weight excluding hydrogens is 514 g/mol. The molecule has 210 valence electrons. The van der Waals surface area contributed by atoms with Crippen LogP contribution in [0.25, 0.3) is 5.82 Å². The number of piperidine rings is 1. The van der Waals surface area contributed by atoms with Crippen molar-refractivity contribution < 1.29 is 14.4 Å². The molecule has 39 heavy (non-hydrogen) atoms. The van der Waals surface area contributed by atoms with E-state index in [0.717, 1.165) is 67.0 Å². The van der Waals surface area contributed by atoms with Crippen LogP contribution >= 0.6 is 11.3 Å². The lowest BCUT2D eigenvalue weighted by Crippen LogP contribution is -2.51. The second-order valence-electron chi connectivity index (χ2n) is 10.3. The zero-order chi connectivity index (χ0) is 28.1. The van der Waals surface area contributed by atoms with Gasteiger partial charge in [0.15, 0.2) is 5.82 Å². The van der Waals surface area contributed by atoms with Crippen LogP contribution in [0.3, 0.4) is 0 Å². The van der Waals surface area contributed by atoms with E-state index in [1.807, 2.05) is 43.3 Å². The second-order valence-corrected chi connectivity index (χ2v) is 11.1. The Balaban J connectivity index is 1.44. The molecule has 1 saturated heterocycles. The lowest BCUT2D eigenvalue weighted by atomic mass is 9.95. The summed E-state index contributed by atoms with van der Waals surface area (Å²) in [7, 11) is 1.46. The van der Waals surface area contributed by atoms with Crippen molar-refractivity contribution in [3.63, 3.8) is 0 Å². The van der Waals surface area contributed by atoms with E-state index < -0.39 is 5.91 Å². The topological polar surface area (TPSA) is 119 Å². The molecule has 0 saturated carbocycles. The minimum Gasteiger partial charge on any atom is -0.366 e. The van der Waals surface area contributed by atoms with Crippen LogP contribution in [0, 0.1) is 20.8 Å². The Morgan fingerprint density at radius 1 is 1.26 bits per heavy atom. The molecule has 0 spiro atoms. The molecule has 0 unspecified atom stereocenters. The number of likely N-dealkylation sites (tertiary alicyclic amines) is 1. The molecule has 0 radical (unpaired) electrons. The number of carbonyl (C=O) groups is 2. The van der Waals surface area contributed by atoms with Gasteiger partial charge in [0, 0.05) is 43.5 Å². The number of primary amides is 1. The zero-order valence-corrected chi connectivity index (χ0v) is 24.3. The normalized spacial score (nSPS) is 15.3. The first-order valence-corrected chi connectivity index (χ1v) is 14.3. The first-order valence-electron chi connectivity index (χ1n) is 13.4. The Morgan fingerprint density at radius 3 is 2.59 bits per heavy atom. The van der Waals surface area contributed by atoms with Crippen LogP contribution in [-0.4, -0.2) is 68.8 Å². The van der Waals surface area contributed by atoms with Gasteiger partial charge in [-0.05, 0) is 87.4 Å². The van der Waals surface area contributed by atoms with E-state index in [-0.39, 0.29) is 12.1 Å². The SMILES string of the molecule is CONC(=O)N(Cc1ccsc1)C1CCN([C@H](C)CCc2c(-n3ccc(C)n3)nc(C)c(C(N)=O)c2C)CC1. The molecule has 3 N–H and O–H groups in total. The molecular formula is C28H39N7O3S. The number of aryl methyl sites for hydroxylation is 2. The highest BCUT2D eigenvalue weighted by Gasteiger charge is 2.30. The Hall–Kier alpha value is -3.28. The molecule has 1 aliphatic rings. The number of carbonyl (C=O) groups excluding carboxylic acids is 2. The third kappa shape index (κ3) is 6.66. The molecule has 1 aliphatic heterocycles. The van der Waals surface area contributed by atoms with Gasteiger partial charge in [-0.25, -0.2) is 19.9 Å². The maximum atomic E-state index is 12.8. The van der Waals surface area contributed by atoms with Crippen molar-refractivity contribution in [2.24, 2.45) is 5.73 Å². The minimum atomic E-state index is -0.457. The maximum Gasteiger partial charge on any atom is 0.341 e. The highest BCUT2D eigenvalue weighted by Crippen LogP contribution is 2.27. The zero-order valence-electron chi connectivity index (χ0n) is 23.4. The summed E-state index contributed by atoms with van der Waals surface area (Å²) in [6.45, 7) is 10.3. The molecule has 0 aromatic carbocycles. The van der Waals surface area contributed by atoms with Crippen LogP contribution in [0.1, 0.15) is 64.6 Å². The predicted molar refractivity (Wildman–Crippen MR) is 152 cm³/mol. The number of rotatable bonds is 10. The fourth-order valence-corrected chi connectivity index (χ4v) is 6.18. The van der Waals surface area contributed by atoms with Gasteiger partial charge in [-0.15, -0.1) is 0 Å². The molecule has 3 aromatic heterocycles. The minimum absolute atomic E-state index is 0.139. The highest BCUT2D eigenvalue weighted by atomic mass is 32.1. The summed E-state index contributed by atoms with van der Waals surface area (Å²) in [5.41, 5.74) is 13.2. The number of amides is 3. The fourth-order valence-electron chi connectivity index (χ4n) is 5.52. The average Bonchev–Trinajstić information content (AvgIpc) is 3.58. The number of nitrogens with two attached hydrogens (primary N) is 1. The summed E-state index contributed by atoms with van der Waals surface area (Å²) in [4.78, 5) is 39.0. The van der Waals surface area contributed by atoms with Crippen LogP contribution in [0.5, 0.6) is 0 Å². The smallest absolute Gasteiger partial charge is 0.341 e. The standard InChI is InChI=1S/C28H39N7O3S/c1-18-8-14-35(31-18)27-24(20(3)25(26(29)36)21(4)30-27)7-6-19(2)33-12-9-23(10-13-33)34(28(37)32-38-5)16-22-11-15-39-17-22/h8,11,14-15,17,19,23H,6-7,9-10,12-13,16H2,1-5H3,(H2,29,36)(H,32,37)/t19-/m1/s1. The Morgan fingerprint density at radius 2 is 2.00 bits per heavy atom. The van der Waals surface area contributed by atoms with Crippen molar-refractivity contribution in [1.29, 1.82) is 0 Å². The van der Waals surface area contributed by atoms with Gasteiger partial charge < -0.3 is 15.5 Å². The molecule has 3 amide bonds. The summed E-state index contributed by atoms with van der Waals surface area (Å²) in [6.07, 6.45) is 5.32. The quantitative estimate of drug-likeness (QED) is 0.368. The number of nitrogens with one attached hydrogen (secondary N) is 1. The summed E-state index contributed by atoms with van der Waals surface area (Å²) in [5, 5.41) is 8.68. The molecule has 10 nitrogen and oxygen atoms in total. The Bertz CT molecular complexity index is 1280. The van der Waals surface area contributed by atoms with E-state index in [4.69, 9.17) is 15.6 Å². The Labute approximate surface area is 234 Å². The van der Waals surface area contributed by atoms with Gasteiger partial charge in [0.25, 0.3) is 5.91 Å². The first-order chi connectivity index (χ1) is 18.7. The van der Waals surface area contributed by atoms with Crippen molar-refractivity contribution in [3.8, 4) is 5.82 Å². The molecule has 1 fully saturated rings. The van der Waals surface area contributed by atoms with Gasteiger partial charge in [-0.2, -0.15) is 16.4 Å². The molecule has 11 heteroatoms. The maximum absolute atomic E-state index is 12.8. The number of hydroxylamine groups is 1. The summed E-state index contributed by atoms with van der Waals surface area (Å²) in [6, 6.07) is 4.25. The van der Waals surface area contributed by atoms with Crippen LogP contribution < -0.4 is 11.2 Å².